The van der Waals surface area contributed by atoms with E-state index in [-0.39, 0.29) is 18.1 Å². The highest BCUT2D eigenvalue weighted by atomic mass is 16.5. The van der Waals surface area contributed by atoms with Crippen LogP contribution in [0.1, 0.15) is 44.5 Å². The van der Waals surface area contributed by atoms with E-state index in [1.165, 1.54) is 0 Å². The summed E-state index contributed by atoms with van der Waals surface area (Å²) >= 11 is 0. The van der Waals surface area contributed by atoms with Crippen molar-refractivity contribution in [3.8, 4) is 5.75 Å². The van der Waals surface area contributed by atoms with Crippen molar-refractivity contribution in [3.63, 3.8) is 0 Å². The molecule has 0 bridgehead atoms. The third-order valence-corrected chi connectivity index (χ3v) is 3.52. The average molecular weight is 327 g/mol. The van der Waals surface area contributed by atoms with E-state index in [2.05, 4.69) is 15.6 Å². The molecular weight excluding hydrogens is 302 g/mol. The minimum Gasteiger partial charge on any atom is -0.489 e. The highest BCUT2D eigenvalue weighted by molar-refractivity contribution is 5.95. The quantitative estimate of drug-likeness (QED) is 0.802. The molecule has 1 heterocycles. The molecule has 0 aliphatic carbocycles. The van der Waals surface area contributed by atoms with Crippen LogP contribution in [-0.4, -0.2) is 23.0 Å². The van der Waals surface area contributed by atoms with Crippen LogP contribution in [0.4, 0.5) is 11.4 Å². The van der Waals surface area contributed by atoms with Gasteiger partial charge in [-0.15, -0.1) is 0 Å². The van der Waals surface area contributed by atoms with Gasteiger partial charge in [-0.2, -0.15) is 0 Å². The first kappa shape index (κ1) is 17.8. The molecule has 0 radical (unpaired) electrons. The number of para-hydroxylation sites is 2. The van der Waals surface area contributed by atoms with E-state index in [9.17, 15) is 4.79 Å². The van der Waals surface area contributed by atoms with E-state index in [0.29, 0.717) is 5.56 Å². The van der Waals surface area contributed by atoms with Gasteiger partial charge in [-0.25, -0.2) is 0 Å². The van der Waals surface area contributed by atoms with Gasteiger partial charge < -0.3 is 15.4 Å². The number of pyridine rings is 1. The molecule has 1 amide bonds. The standard InChI is InChI=1S/C19H25N3O2/c1-5-14(4)21-19(23)15-10-16(12-20-11-15)22-17-8-6-7-9-18(17)24-13(2)3/h6-14,22H,5H2,1-4H3,(H,21,23). The van der Waals surface area contributed by atoms with Crippen LogP contribution in [-0.2, 0) is 0 Å². The molecule has 2 N–H and O–H groups in total. The highest BCUT2D eigenvalue weighted by Crippen LogP contribution is 2.28. The molecule has 0 aliphatic heterocycles. The number of hydrogen-bond donors (Lipinski definition) is 2. The number of ether oxygens (including phenoxy) is 1. The van der Waals surface area contributed by atoms with Crippen LogP contribution in [0.25, 0.3) is 0 Å². The van der Waals surface area contributed by atoms with E-state index in [1.807, 2.05) is 52.0 Å². The SMILES string of the molecule is CCC(C)NC(=O)c1cncc(Nc2ccccc2OC(C)C)c1. The Bertz CT molecular complexity index is 686. The predicted molar refractivity (Wildman–Crippen MR) is 96.9 cm³/mol. The van der Waals surface area contributed by atoms with Gasteiger partial charge in [0.2, 0.25) is 0 Å². The van der Waals surface area contributed by atoms with Crippen LogP contribution >= 0.6 is 0 Å². The fourth-order valence-electron chi connectivity index (χ4n) is 2.12. The summed E-state index contributed by atoms with van der Waals surface area (Å²) in [4.78, 5) is 16.4. The third kappa shape index (κ3) is 4.98. The molecule has 5 heteroatoms. The second-order valence-corrected chi connectivity index (χ2v) is 6.03. The number of benzene rings is 1. The van der Waals surface area contributed by atoms with Gasteiger partial charge in [-0.3, -0.25) is 9.78 Å². The summed E-state index contributed by atoms with van der Waals surface area (Å²) in [7, 11) is 0. The molecule has 1 unspecified atom stereocenters. The monoisotopic (exact) mass is 327 g/mol. The molecule has 1 aromatic heterocycles. The number of hydrogen-bond acceptors (Lipinski definition) is 4. The summed E-state index contributed by atoms with van der Waals surface area (Å²) in [5, 5.41) is 6.22. The van der Waals surface area contributed by atoms with Crippen molar-refractivity contribution in [3.05, 3.63) is 48.3 Å². The molecule has 0 saturated carbocycles. The number of carbonyl (C=O) groups excluding carboxylic acids is 1. The molecule has 0 saturated heterocycles. The van der Waals surface area contributed by atoms with Crippen molar-refractivity contribution in [1.82, 2.24) is 10.3 Å². The molecule has 2 aromatic rings. The Kier molecular flexibility index (Phi) is 6.18. The Labute approximate surface area is 143 Å². The molecule has 1 atom stereocenters. The summed E-state index contributed by atoms with van der Waals surface area (Å²) in [5.74, 6) is 0.647. The summed E-state index contributed by atoms with van der Waals surface area (Å²) in [6.45, 7) is 7.98. The zero-order chi connectivity index (χ0) is 17.5. The summed E-state index contributed by atoms with van der Waals surface area (Å²) in [5.41, 5.74) is 2.11. The maximum Gasteiger partial charge on any atom is 0.253 e. The Balaban J connectivity index is 2.17. The highest BCUT2D eigenvalue weighted by Gasteiger charge is 2.11. The molecule has 5 nitrogen and oxygen atoms in total. The van der Waals surface area contributed by atoms with Crippen molar-refractivity contribution < 1.29 is 9.53 Å². The number of carbonyl (C=O) groups is 1. The molecule has 128 valence electrons. The van der Waals surface area contributed by atoms with Crippen LogP contribution in [0.3, 0.4) is 0 Å². The lowest BCUT2D eigenvalue weighted by molar-refractivity contribution is 0.0939. The maximum absolute atomic E-state index is 12.2. The van der Waals surface area contributed by atoms with Crippen molar-refractivity contribution in [1.29, 1.82) is 0 Å². The van der Waals surface area contributed by atoms with Gasteiger partial charge in [0, 0.05) is 12.2 Å². The van der Waals surface area contributed by atoms with Crippen LogP contribution in [0.5, 0.6) is 5.75 Å². The number of amides is 1. The lowest BCUT2D eigenvalue weighted by Gasteiger charge is -2.16. The van der Waals surface area contributed by atoms with E-state index >= 15 is 0 Å². The molecule has 24 heavy (non-hydrogen) atoms. The van der Waals surface area contributed by atoms with Gasteiger partial charge in [-0.1, -0.05) is 19.1 Å². The Morgan fingerprint density at radius 2 is 1.96 bits per heavy atom. The van der Waals surface area contributed by atoms with Crippen molar-refractivity contribution in [2.45, 2.75) is 46.3 Å². The van der Waals surface area contributed by atoms with Crippen LogP contribution < -0.4 is 15.4 Å². The molecule has 0 fully saturated rings. The summed E-state index contributed by atoms with van der Waals surface area (Å²) < 4.78 is 5.80. The van der Waals surface area contributed by atoms with Gasteiger partial charge >= 0.3 is 0 Å². The van der Waals surface area contributed by atoms with Crippen LogP contribution in [0.2, 0.25) is 0 Å². The first-order valence-corrected chi connectivity index (χ1v) is 8.28. The van der Waals surface area contributed by atoms with Gasteiger partial charge in [0.1, 0.15) is 5.75 Å². The minimum absolute atomic E-state index is 0.0821. The van der Waals surface area contributed by atoms with E-state index in [4.69, 9.17) is 4.74 Å². The molecular formula is C19H25N3O2. The fourth-order valence-corrected chi connectivity index (χ4v) is 2.12. The number of nitrogens with zero attached hydrogens (tertiary/aromatic N) is 1. The normalized spacial score (nSPS) is 11.9. The smallest absolute Gasteiger partial charge is 0.253 e. The van der Waals surface area contributed by atoms with Crippen LogP contribution in [0.15, 0.2) is 42.7 Å². The van der Waals surface area contributed by atoms with E-state index < -0.39 is 0 Å². The minimum atomic E-state index is -0.118. The van der Waals surface area contributed by atoms with Gasteiger partial charge in [0.25, 0.3) is 5.91 Å². The largest absolute Gasteiger partial charge is 0.489 e. The zero-order valence-corrected chi connectivity index (χ0v) is 14.7. The number of aromatic nitrogens is 1. The van der Waals surface area contributed by atoms with Crippen molar-refractivity contribution in [2.24, 2.45) is 0 Å². The van der Waals surface area contributed by atoms with E-state index in [1.54, 1.807) is 18.5 Å². The number of nitrogens with one attached hydrogen (secondary N) is 2. The van der Waals surface area contributed by atoms with Gasteiger partial charge in [0.05, 0.1) is 29.2 Å². The van der Waals surface area contributed by atoms with Gasteiger partial charge in [-0.05, 0) is 45.4 Å². The Morgan fingerprint density at radius 1 is 1.21 bits per heavy atom. The molecule has 2 rings (SSSR count). The predicted octanol–water partition coefficient (Wildman–Crippen LogP) is 4.14. The lowest BCUT2D eigenvalue weighted by Crippen LogP contribution is -2.31. The molecule has 0 spiro atoms. The molecule has 0 aliphatic rings. The topological polar surface area (TPSA) is 63.2 Å². The third-order valence-electron chi connectivity index (χ3n) is 3.52. The average Bonchev–Trinajstić information content (AvgIpc) is 2.56. The summed E-state index contributed by atoms with van der Waals surface area (Å²) in [6.07, 6.45) is 4.22. The molecule has 1 aromatic carbocycles. The zero-order valence-electron chi connectivity index (χ0n) is 14.7. The van der Waals surface area contributed by atoms with Gasteiger partial charge in [0.15, 0.2) is 0 Å². The first-order chi connectivity index (χ1) is 11.5. The second-order valence-electron chi connectivity index (χ2n) is 6.03. The van der Waals surface area contributed by atoms with Crippen molar-refractivity contribution in [2.75, 3.05) is 5.32 Å². The Hall–Kier alpha value is -2.56. The van der Waals surface area contributed by atoms with Crippen molar-refractivity contribution >= 4 is 17.3 Å². The maximum atomic E-state index is 12.2. The fraction of sp³-hybridized carbons (Fsp3) is 0.368. The number of anilines is 2. The van der Waals surface area contributed by atoms with E-state index in [0.717, 1.165) is 23.5 Å². The lowest BCUT2D eigenvalue weighted by atomic mass is 10.2. The first-order valence-electron chi connectivity index (χ1n) is 8.28. The summed E-state index contributed by atoms with van der Waals surface area (Å²) in [6, 6.07) is 9.63. The van der Waals surface area contributed by atoms with Crippen LogP contribution in [0, 0.1) is 0 Å². The second kappa shape index (κ2) is 8.34. The number of rotatable bonds is 7. The Morgan fingerprint density at radius 3 is 2.67 bits per heavy atom.